The Balaban J connectivity index is 1.53. The highest BCUT2D eigenvalue weighted by atomic mass is 35.5. The number of ether oxygens (including phenoxy) is 1. The normalized spacial score (nSPS) is 11.0. The molecular formula is C29H21Cl3N2O6S. The van der Waals surface area contributed by atoms with E-state index in [1.807, 2.05) is 6.07 Å². The highest BCUT2D eigenvalue weighted by molar-refractivity contribution is 7.93. The predicted molar refractivity (Wildman–Crippen MR) is 157 cm³/mol. The number of esters is 1. The molecule has 0 aliphatic heterocycles. The Labute approximate surface area is 251 Å². The summed E-state index contributed by atoms with van der Waals surface area (Å²) in [6.45, 7) is -0.814. The second kappa shape index (κ2) is 13.2. The van der Waals surface area contributed by atoms with Gasteiger partial charge in [0.1, 0.15) is 4.90 Å². The van der Waals surface area contributed by atoms with E-state index in [-0.39, 0.29) is 27.6 Å². The Morgan fingerprint density at radius 1 is 0.756 bits per heavy atom. The zero-order valence-corrected chi connectivity index (χ0v) is 24.2. The van der Waals surface area contributed by atoms with Crippen LogP contribution in [0.3, 0.4) is 0 Å². The van der Waals surface area contributed by atoms with E-state index in [1.165, 1.54) is 36.4 Å². The Morgan fingerprint density at radius 2 is 1.34 bits per heavy atom. The lowest BCUT2D eigenvalue weighted by Gasteiger charge is -2.25. The van der Waals surface area contributed by atoms with Gasteiger partial charge in [-0.15, -0.1) is 0 Å². The lowest BCUT2D eigenvalue weighted by Crippen LogP contribution is -2.34. The molecule has 0 bridgehead atoms. The third kappa shape index (κ3) is 7.65. The number of sulfonamides is 1. The molecule has 0 saturated heterocycles. The summed E-state index contributed by atoms with van der Waals surface area (Å²) in [6, 6.07) is 24.6. The number of imide groups is 1. The fourth-order valence-electron chi connectivity index (χ4n) is 3.67. The Morgan fingerprint density at radius 3 is 1.98 bits per heavy atom. The zero-order valence-electron chi connectivity index (χ0n) is 21.1. The number of anilines is 1. The molecule has 0 fully saturated rings. The molecule has 12 heteroatoms. The second-order valence-corrected chi connectivity index (χ2v) is 11.7. The summed E-state index contributed by atoms with van der Waals surface area (Å²) in [7, 11) is -4.32. The van der Waals surface area contributed by atoms with Gasteiger partial charge in [0.2, 0.25) is 0 Å². The first-order valence-electron chi connectivity index (χ1n) is 11.9. The smallest absolute Gasteiger partial charge is 0.338 e. The lowest BCUT2D eigenvalue weighted by molar-refractivity contribution is -0.123. The highest BCUT2D eigenvalue weighted by Gasteiger charge is 2.29. The van der Waals surface area contributed by atoms with Crippen molar-refractivity contribution in [1.82, 2.24) is 5.32 Å². The molecule has 41 heavy (non-hydrogen) atoms. The van der Waals surface area contributed by atoms with Crippen molar-refractivity contribution >= 4 is 68.3 Å². The van der Waals surface area contributed by atoms with E-state index in [0.29, 0.717) is 21.3 Å². The number of hydrogen-bond acceptors (Lipinski definition) is 6. The van der Waals surface area contributed by atoms with Gasteiger partial charge in [0.05, 0.1) is 22.8 Å². The van der Waals surface area contributed by atoms with Gasteiger partial charge < -0.3 is 4.74 Å². The molecule has 8 nitrogen and oxygen atoms in total. The van der Waals surface area contributed by atoms with E-state index in [0.717, 1.165) is 10.4 Å². The van der Waals surface area contributed by atoms with Gasteiger partial charge in [0.25, 0.3) is 21.8 Å². The third-order valence-electron chi connectivity index (χ3n) is 5.71. The van der Waals surface area contributed by atoms with E-state index < -0.39 is 34.4 Å². The van der Waals surface area contributed by atoms with Crippen LogP contribution in [-0.2, 0) is 26.1 Å². The molecule has 0 aliphatic carbocycles. The van der Waals surface area contributed by atoms with Gasteiger partial charge >= 0.3 is 5.97 Å². The van der Waals surface area contributed by atoms with Crippen molar-refractivity contribution < 1.29 is 27.5 Å². The number of nitrogens with zero attached hydrogens (tertiary/aromatic N) is 1. The fourth-order valence-corrected chi connectivity index (χ4v) is 5.88. The summed E-state index contributed by atoms with van der Waals surface area (Å²) in [5, 5.41) is 2.81. The van der Waals surface area contributed by atoms with Gasteiger partial charge in [-0.2, -0.15) is 0 Å². The average molecular weight is 632 g/mol. The van der Waals surface area contributed by atoms with E-state index in [2.05, 4.69) is 5.32 Å². The number of rotatable bonds is 9. The van der Waals surface area contributed by atoms with Crippen LogP contribution in [0.2, 0.25) is 15.1 Å². The molecule has 0 radical (unpaired) electrons. The summed E-state index contributed by atoms with van der Waals surface area (Å²) >= 11 is 18.1. The fraction of sp³-hybridized carbons (Fsp3) is 0.0690. The second-order valence-electron chi connectivity index (χ2n) is 8.58. The van der Waals surface area contributed by atoms with Crippen LogP contribution in [0.5, 0.6) is 0 Å². The number of halogens is 3. The van der Waals surface area contributed by atoms with E-state index in [4.69, 9.17) is 39.5 Å². The molecule has 0 aliphatic rings. The maximum atomic E-state index is 13.9. The summed E-state index contributed by atoms with van der Waals surface area (Å²) in [5.41, 5.74) is 1.05. The van der Waals surface area contributed by atoms with Crippen LogP contribution in [0.25, 0.3) is 0 Å². The number of carbonyl (C=O) groups excluding carboxylic acids is 3. The quantitative estimate of drug-likeness (QED) is 0.222. The van der Waals surface area contributed by atoms with Crippen LogP contribution in [0.15, 0.2) is 102 Å². The van der Waals surface area contributed by atoms with Gasteiger partial charge in [0, 0.05) is 15.6 Å². The van der Waals surface area contributed by atoms with Crippen molar-refractivity contribution in [3.8, 4) is 0 Å². The topological polar surface area (TPSA) is 110 Å². The van der Waals surface area contributed by atoms with E-state index >= 15 is 0 Å². The van der Waals surface area contributed by atoms with Crippen molar-refractivity contribution in [2.24, 2.45) is 0 Å². The molecule has 2 amide bonds. The number of benzene rings is 4. The summed E-state index contributed by atoms with van der Waals surface area (Å²) in [5.74, 6) is -2.58. The Kier molecular flexibility index (Phi) is 9.67. The lowest BCUT2D eigenvalue weighted by atomic mass is 10.2. The molecule has 4 aromatic rings. The first kappa shape index (κ1) is 30.1. The monoisotopic (exact) mass is 630 g/mol. The number of hydrogen-bond donors (Lipinski definition) is 1. The standard InChI is InChI=1S/C29H21Cl3N2O6S/c30-22-9-6-20(7-10-22)28(36)33-27(35)18-40-29(37)21-8-15-25(32)26(16-21)41(38,39)34(17-19-4-2-1-3-5-19)24-13-11-23(31)12-14-24/h1-16H,17-18H2,(H,33,35,36). The summed E-state index contributed by atoms with van der Waals surface area (Å²) in [4.78, 5) is 36.8. The van der Waals surface area contributed by atoms with Crippen LogP contribution >= 0.6 is 34.8 Å². The number of amides is 2. The largest absolute Gasteiger partial charge is 0.452 e. The number of carbonyl (C=O) groups is 3. The van der Waals surface area contributed by atoms with Gasteiger partial charge in [-0.25, -0.2) is 13.2 Å². The molecule has 0 heterocycles. The van der Waals surface area contributed by atoms with Crippen molar-refractivity contribution in [3.63, 3.8) is 0 Å². The molecule has 1 N–H and O–H groups in total. The Hall–Kier alpha value is -3.89. The molecule has 210 valence electrons. The van der Waals surface area contributed by atoms with Crippen LogP contribution in [0.4, 0.5) is 5.69 Å². The minimum atomic E-state index is -4.32. The molecule has 0 aromatic heterocycles. The van der Waals surface area contributed by atoms with Crippen LogP contribution in [0, 0.1) is 0 Å². The van der Waals surface area contributed by atoms with Gasteiger partial charge in [-0.1, -0.05) is 65.1 Å². The molecule has 0 saturated carbocycles. The summed E-state index contributed by atoms with van der Waals surface area (Å²) < 4.78 is 34.0. The third-order valence-corrected chi connectivity index (χ3v) is 8.47. The maximum absolute atomic E-state index is 13.9. The number of nitrogens with one attached hydrogen (secondary N) is 1. The SMILES string of the molecule is O=C(COC(=O)c1ccc(Cl)c(S(=O)(=O)N(Cc2ccccc2)c2ccc(Cl)cc2)c1)NC(=O)c1ccc(Cl)cc1. The van der Waals surface area contributed by atoms with Crippen molar-refractivity contribution in [3.05, 3.63) is 129 Å². The van der Waals surface area contributed by atoms with Crippen molar-refractivity contribution in [2.75, 3.05) is 10.9 Å². The molecular weight excluding hydrogens is 611 g/mol. The first-order valence-corrected chi connectivity index (χ1v) is 14.5. The van der Waals surface area contributed by atoms with E-state index in [9.17, 15) is 22.8 Å². The van der Waals surface area contributed by atoms with Crippen molar-refractivity contribution in [1.29, 1.82) is 0 Å². The maximum Gasteiger partial charge on any atom is 0.338 e. The molecule has 4 rings (SSSR count). The van der Waals surface area contributed by atoms with E-state index in [1.54, 1.807) is 48.5 Å². The average Bonchev–Trinajstić information content (AvgIpc) is 2.96. The zero-order chi connectivity index (χ0) is 29.6. The van der Waals surface area contributed by atoms with Crippen molar-refractivity contribution in [2.45, 2.75) is 11.4 Å². The molecule has 0 atom stereocenters. The van der Waals surface area contributed by atoms with Gasteiger partial charge in [-0.3, -0.25) is 19.2 Å². The minimum Gasteiger partial charge on any atom is -0.452 e. The minimum absolute atomic E-state index is 0.0301. The molecule has 0 unspecified atom stereocenters. The van der Waals surface area contributed by atoms with Crippen LogP contribution in [0.1, 0.15) is 26.3 Å². The Bertz CT molecular complexity index is 1680. The molecule has 4 aromatic carbocycles. The first-order chi connectivity index (χ1) is 19.5. The highest BCUT2D eigenvalue weighted by Crippen LogP contribution is 2.31. The van der Waals surface area contributed by atoms with Crippen LogP contribution < -0.4 is 9.62 Å². The van der Waals surface area contributed by atoms with Crippen LogP contribution in [-0.4, -0.2) is 32.8 Å². The predicted octanol–water partition coefficient (Wildman–Crippen LogP) is 6.16. The summed E-state index contributed by atoms with van der Waals surface area (Å²) in [6.07, 6.45) is 0. The van der Waals surface area contributed by atoms with Gasteiger partial charge in [-0.05, 0) is 72.3 Å². The van der Waals surface area contributed by atoms with Gasteiger partial charge in [0.15, 0.2) is 6.61 Å². The molecule has 0 spiro atoms.